The summed E-state index contributed by atoms with van der Waals surface area (Å²) in [6.45, 7) is 2.30. The lowest BCUT2D eigenvalue weighted by molar-refractivity contribution is 0.602. The van der Waals surface area contributed by atoms with Gasteiger partial charge in [-0.3, -0.25) is 0 Å². The van der Waals surface area contributed by atoms with E-state index in [1.807, 2.05) is 18.2 Å². The maximum absolute atomic E-state index is 8.73. The molecule has 2 unspecified atom stereocenters. The summed E-state index contributed by atoms with van der Waals surface area (Å²) in [6.07, 6.45) is 4.15. The van der Waals surface area contributed by atoms with Crippen molar-refractivity contribution in [1.82, 2.24) is 0 Å². The number of nitrogen functional groups attached to an aromatic ring is 1. The Morgan fingerprint density at radius 2 is 2.29 bits per heavy atom. The van der Waals surface area contributed by atoms with E-state index >= 15 is 0 Å². The van der Waals surface area contributed by atoms with Gasteiger partial charge in [0.2, 0.25) is 0 Å². The molecule has 0 aromatic heterocycles. The molecule has 1 aliphatic rings. The van der Waals surface area contributed by atoms with E-state index in [9.17, 15) is 0 Å². The van der Waals surface area contributed by atoms with Crippen molar-refractivity contribution in [2.45, 2.75) is 38.6 Å². The molecule has 1 saturated carbocycles. The maximum atomic E-state index is 8.73. The Morgan fingerprint density at radius 1 is 1.47 bits per heavy atom. The Balaban J connectivity index is 2.06. The van der Waals surface area contributed by atoms with Crippen LogP contribution in [0.5, 0.6) is 0 Å². The summed E-state index contributed by atoms with van der Waals surface area (Å²) in [4.78, 5) is 0. The first-order valence-electron chi connectivity index (χ1n) is 6.21. The monoisotopic (exact) mass is 229 g/mol. The molecule has 3 nitrogen and oxygen atoms in total. The van der Waals surface area contributed by atoms with E-state index in [0.29, 0.717) is 18.2 Å². The van der Waals surface area contributed by atoms with Crippen molar-refractivity contribution in [1.29, 1.82) is 5.26 Å². The highest BCUT2D eigenvalue weighted by Gasteiger charge is 2.20. The number of nitrogens with one attached hydrogen (secondary N) is 1. The van der Waals surface area contributed by atoms with Gasteiger partial charge >= 0.3 is 0 Å². The Bertz CT molecular complexity index is 434. The summed E-state index contributed by atoms with van der Waals surface area (Å²) in [5, 5.41) is 12.3. The number of nitrogens with two attached hydrogens (primary N) is 1. The third-order valence-corrected chi connectivity index (χ3v) is 3.48. The van der Waals surface area contributed by atoms with Crippen LogP contribution in [0.3, 0.4) is 0 Å². The van der Waals surface area contributed by atoms with E-state index in [1.165, 1.54) is 19.3 Å². The van der Waals surface area contributed by atoms with Crippen LogP contribution in [0, 0.1) is 17.2 Å². The molecule has 17 heavy (non-hydrogen) atoms. The van der Waals surface area contributed by atoms with Gasteiger partial charge in [-0.15, -0.1) is 0 Å². The van der Waals surface area contributed by atoms with Gasteiger partial charge in [-0.05, 0) is 48.9 Å². The number of nitrogens with zero attached hydrogens (tertiary/aromatic N) is 1. The first-order valence-corrected chi connectivity index (χ1v) is 6.21. The molecule has 2 rings (SSSR count). The second kappa shape index (κ2) is 5.09. The quantitative estimate of drug-likeness (QED) is 0.783. The summed E-state index contributed by atoms with van der Waals surface area (Å²) in [6, 6.07) is 8.60. The molecule has 3 heteroatoms. The standard InChI is InChI=1S/C14H19N3/c1-10-2-3-12(8-10)17-13-4-5-14(16)11(9-13)6-7-15/h4-5,9-10,12,17H,2-3,6,8,16H2,1H3. The number of anilines is 2. The lowest BCUT2D eigenvalue weighted by atomic mass is 10.1. The topological polar surface area (TPSA) is 61.8 Å². The Labute approximate surface area is 103 Å². The number of benzene rings is 1. The van der Waals surface area contributed by atoms with Gasteiger partial charge in [0.15, 0.2) is 0 Å². The minimum atomic E-state index is 0.377. The fourth-order valence-corrected chi connectivity index (χ4v) is 2.51. The molecule has 2 atom stereocenters. The van der Waals surface area contributed by atoms with E-state index in [-0.39, 0.29) is 0 Å². The van der Waals surface area contributed by atoms with E-state index in [4.69, 9.17) is 11.0 Å². The van der Waals surface area contributed by atoms with Crippen LogP contribution >= 0.6 is 0 Å². The van der Waals surface area contributed by atoms with Crippen LogP contribution in [0.1, 0.15) is 31.7 Å². The predicted octanol–water partition coefficient (Wildman–Crippen LogP) is 2.94. The Kier molecular flexibility index (Phi) is 3.53. The predicted molar refractivity (Wildman–Crippen MR) is 70.6 cm³/mol. The van der Waals surface area contributed by atoms with Crippen LogP contribution in [0.25, 0.3) is 0 Å². The van der Waals surface area contributed by atoms with Crippen molar-refractivity contribution in [2.24, 2.45) is 5.92 Å². The molecule has 0 amide bonds. The number of nitriles is 1. The number of hydrogen-bond donors (Lipinski definition) is 2. The molecule has 0 heterocycles. The number of hydrogen-bond acceptors (Lipinski definition) is 3. The van der Waals surface area contributed by atoms with Crippen molar-refractivity contribution in [2.75, 3.05) is 11.1 Å². The highest BCUT2D eigenvalue weighted by Crippen LogP contribution is 2.28. The zero-order valence-electron chi connectivity index (χ0n) is 10.2. The fraction of sp³-hybridized carbons (Fsp3) is 0.500. The second-order valence-corrected chi connectivity index (χ2v) is 5.01. The van der Waals surface area contributed by atoms with Crippen molar-refractivity contribution >= 4 is 11.4 Å². The minimum absolute atomic E-state index is 0.377. The van der Waals surface area contributed by atoms with Gasteiger partial charge in [-0.2, -0.15) is 5.26 Å². The van der Waals surface area contributed by atoms with E-state index in [0.717, 1.165) is 17.2 Å². The lowest BCUT2D eigenvalue weighted by Gasteiger charge is -2.15. The molecule has 0 bridgehead atoms. The molecule has 0 radical (unpaired) electrons. The molecule has 0 spiro atoms. The van der Waals surface area contributed by atoms with Gasteiger partial charge in [0.25, 0.3) is 0 Å². The molecule has 1 aromatic carbocycles. The molecule has 0 aliphatic heterocycles. The van der Waals surface area contributed by atoms with Gasteiger partial charge in [0, 0.05) is 17.4 Å². The van der Waals surface area contributed by atoms with Crippen LogP contribution in [-0.2, 0) is 6.42 Å². The molecule has 90 valence electrons. The molecule has 1 aromatic rings. The molecule has 3 N–H and O–H groups in total. The first kappa shape index (κ1) is 11.8. The van der Waals surface area contributed by atoms with Crippen LogP contribution < -0.4 is 11.1 Å². The molecule has 1 aliphatic carbocycles. The molecular weight excluding hydrogens is 210 g/mol. The molecule has 0 saturated heterocycles. The van der Waals surface area contributed by atoms with Crippen LogP contribution in [0.2, 0.25) is 0 Å². The summed E-state index contributed by atoms with van der Waals surface area (Å²) in [5.41, 5.74) is 8.54. The number of rotatable bonds is 3. The van der Waals surface area contributed by atoms with Gasteiger partial charge in [0.05, 0.1) is 12.5 Å². The SMILES string of the molecule is CC1CCC(Nc2ccc(N)c(CC#N)c2)C1. The van der Waals surface area contributed by atoms with E-state index in [2.05, 4.69) is 18.3 Å². The average molecular weight is 229 g/mol. The Hall–Kier alpha value is -1.69. The van der Waals surface area contributed by atoms with Crippen molar-refractivity contribution in [3.63, 3.8) is 0 Å². The Morgan fingerprint density at radius 3 is 2.94 bits per heavy atom. The molecule has 1 fully saturated rings. The summed E-state index contributed by atoms with van der Waals surface area (Å²) < 4.78 is 0. The van der Waals surface area contributed by atoms with E-state index < -0.39 is 0 Å². The van der Waals surface area contributed by atoms with Crippen molar-refractivity contribution in [3.8, 4) is 6.07 Å². The zero-order valence-corrected chi connectivity index (χ0v) is 10.2. The molecular formula is C14H19N3. The lowest BCUT2D eigenvalue weighted by Crippen LogP contribution is -2.15. The van der Waals surface area contributed by atoms with Crippen LogP contribution in [0.4, 0.5) is 11.4 Å². The van der Waals surface area contributed by atoms with Crippen molar-refractivity contribution < 1.29 is 0 Å². The third-order valence-electron chi connectivity index (χ3n) is 3.48. The smallest absolute Gasteiger partial charge is 0.0670 e. The summed E-state index contributed by atoms with van der Waals surface area (Å²) in [7, 11) is 0. The second-order valence-electron chi connectivity index (χ2n) is 5.01. The van der Waals surface area contributed by atoms with Gasteiger partial charge in [-0.1, -0.05) is 6.92 Å². The average Bonchev–Trinajstić information content (AvgIpc) is 2.69. The zero-order chi connectivity index (χ0) is 12.3. The van der Waals surface area contributed by atoms with Crippen molar-refractivity contribution in [3.05, 3.63) is 23.8 Å². The summed E-state index contributed by atoms with van der Waals surface area (Å²) >= 11 is 0. The van der Waals surface area contributed by atoms with Gasteiger partial charge in [-0.25, -0.2) is 0 Å². The minimum Gasteiger partial charge on any atom is -0.398 e. The highest BCUT2D eigenvalue weighted by atomic mass is 14.9. The fourth-order valence-electron chi connectivity index (χ4n) is 2.51. The van der Waals surface area contributed by atoms with Gasteiger partial charge in [0.1, 0.15) is 0 Å². The van der Waals surface area contributed by atoms with E-state index in [1.54, 1.807) is 0 Å². The van der Waals surface area contributed by atoms with Crippen LogP contribution in [-0.4, -0.2) is 6.04 Å². The van der Waals surface area contributed by atoms with Gasteiger partial charge < -0.3 is 11.1 Å². The van der Waals surface area contributed by atoms with Crippen LogP contribution in [0.15, 0.2) is 18.2 Å². The third kappa shape index (κ3) is 2.91. The highest BCUT2D eigenvalue weighted by molar-refractivity contribution is 5.58. The first-order chi connectivity index (χ1) is 8.19. The maximum Gasteiger partial charge on any atom is 0.0670 e. The normalized spacial score (nSPS) is 23.3. The largest absolute Gasteiger partial charge is 0.398 e. The summed E-state index contributed by atoms with van der Waals surface area (Å²) in [5.74, 6) is 0.819.